The van der Waals surface area contributed by atoms with Crippen LogP contribution in [0, 0.1) is 0 Å². The predicted octanol–water partition coefficient (Wildman–Crippen LogP) is -0.615. The van der Waals surface area contributed by atoms with E-state index in [4.69, 9.17) is 28.7 Å². The van der Waals surface area contributed by atoms with Crippen molar-refractivity contribution in [2.45, 2.75) is 81.3 Å². The molecule has 310 valence electrons. The van der Waals surface area contributed by atoms with Gasteiger partial charge in [0.15, 0.2) is 0 Å². The van der Waals surface area contributed by atoms with Crippen LogP contribution in [0.5, 0.6) is 11.5 Å². The van der Waals surface area contributed by atoms with Gasteiger partial charge in [0.25, 0.3) is 0 Å². The number of carbonyl (C=O) groups is 4. The van der Waals surface area contributed by atoms with Crippen LogP contribution in [0.15, 0.2) is 36.4 Å². The Kier molecular flexibility index (Phi) is 28.4. The number of benzene rings is 2. The summed E-state index contributed by atoms with van der Waals surface area (Å²) < 4.78 is 0. The summed E-state index contributed by atoms with van der Waals surface area (Å²) in [6.07, 6.45) is 0.0688. The number of rotatable bonds is 14. The second kappa shape index (κ2) is 27.7. The summed E-state index contributed by atoms with van der Waals surface area (Å²) in [6, 6.07) is 4.17. The van der Waals surface area contributed by atoms with E-state index < -0.39 is 53.9 Å². The first kappa shape index (κ1) is 55.5. The summed E-state index contributed by atoms with van der Waals surface area (Å²) >= 11 is 0. The van der Waals surface area contributed by atoms with Gasteiger partial charge in [-0.25, -0.2) is 0 Å². The highest BCUT2D eigenvalue weighted by molar-refractivity contribution is 5.95. The van der Waals surface area contributed by atoms with Crippen molar-refractivity contribution in [2.24, 2.45) is 28.7 Å². The van der Waals surface area contributed by atoms with E-state index in [1.54, 1.807) is 24.3 Å². The molecule has 4 bridgehead atoms. The van der Waals surface area contributed by atoms with Crippen molar-refractivity contribution in [1.82, 2.24) is 21.3 Å². The Hall–Kier alpha value is -2.87. The number of phenols is 2. The van der Waals surface area contributed by atoms with E-state index >= 15 is 0 Å². The molecule has 4 amide bonds. The maximum atomic E-state index is 13.9. The molecule has 1 heterocycles. The van der Waals surface area contributed by atoms with Crippen molar-refractivity contribution in [3.05, 3.63) is 47.5 Å². The summed E-state index contributed by atoms with van der Waals surface area (Å²) in [5.74, 6) is -3.08. The molecule has 21 heteroatoms. The number of phenolic OH excluding ortho intramolecular Hbond substituents is 2. The highest BCUT2D eigenvalue weighted by Gasteiger charge is 2.32. The molecule has 16 nitrogen and oxygen atoms in total. The van der Waals surface area contributed by atoms with Crippen LogP contribution in [-0.2, 0) is 32.0 Å². The van der Waals surface area contributed by atoms with Gasteiger partial charge in [0.2, 0.25) is 23.6 Å². The fraction of sp³-hybridized carbons (Fsp3) is 0.515. The molecule has 0 saturated heterocycles. The molecule has 1 aliphatic rings. The molecular weight excluding hydrogens is 812 g/mol. The van der Waals surface area contributed by atoms with Crippen LogP contribution in [0.4, 0.5) is 0 Å². The zero-order valence-electron chi connectivity index (χ0n) is 29.6. The molecule has 0 aliphatic carbocycles. The van der Waals surface area contributed by atoms with Gasteiger partial charge in [0.05, 0.1) is 12.1 Å². The van der Waals surface area contributed by atoms with Crippen molar-refractivity contribution in [3.8, 4) is 22.6 Å². The topological polar surface area (TPSA) is 307 Å². The number of aliphatic hydroxyl groups is 1. The molecule has 6 atom stereocenters. The summed E-state index contributed by atoms with van der Waals surface area (Å²) in [6.45, 7) is 0.648. The van der Waals surface area contributed by atoms with Gasteiger partial charge in [-0.15, -0.1) is 62.0 Å². The number of aliphatic hydroxyl groups excluding tert-OH is 1. The third-order valence-electron chi connectivity index (χ3n) is 8.39. The van der Waals surface area contributed by atoms with E-state index in [2.05, 4.69) is 21.3 Å². The molecule has 17 N–H and O–H groups in total. The largest absolute Gasteiger partial charge is 0.508 e. The van der Waals surface area contributed by atoms with Gasteiger partial charge in [-0.1, -0.05) is 12.1 Å². The second-order valence-electron chi connectivity index (χ2n) is 12.4. The third kappa shape index (κ3) is 16.9. The molecule has 2 aromatic carbocycles. The molecule has 0 unspecified atom stereocenters. The number of nitrogens with two attached hydrogens (primary N) is 5. The Bertz CT molecular complexity index is 1470. The van der Waals surface area contributed by atoms with Crippen LogP contribution < -0.4 is 49.9 Å². The van der Waals surface area contributed by atoms with Gasteiger partial charge in [-0.2, -0.15) is 0 Å². The van der Waals surface area contributed by atoms with Crippen LogP contribution in [0.25, 0.3) is 11.1 Å². The number of nitrogens with one attached hydrogen (secondary N) is 4. The highest BCUT2D eigenvalue weighted by atomic mass is 35.5. The van der Waals surface area contributed by atoms with Crippen molar-refractivity contribution in [2.75, 3.05) is 26.2 Å². The fourth-order valence-corrected chi connectivity index (χ4v) is 5.47. The number of amides is 4. The molecular formula is C33H56Cl5N9O7. The van der Waals surface area contributed by atoms with Crippen molar-refractivity contribution in [3.63, 3.8) is 0 Å². The van der Waals surface area contributed by atoms with Gasteiger partial charge in [-0.05, 0) is 85.3 Å². The molecule has 54 heavy (non-hydrogen) atoms. The Morgan fingerprint density at radius 2 is 1.35 bits per heavy atom. The summed E-state index contributed by atoms with van der Waals surface area (Å²) in [4.78, 5) is 54.0. The standard InChI is InChI=1S/C33H51N9O7.5ClH/c34-9-1-3-22(37)17-39-31(47)25(4-2-10-35)40-32(48)26-14-21-12-19(6-8-29(21)45)18-5-7-28(44)20(11-18)13-24(38)30(46)41-27(33(49)42-26)15-23(43)16-36;;;;;/h5-8,11-12,22-27,43-45H,1-4,9-10,13-17,34-38H2,(H,39,47)(H,40,48)(H,41,46)(H,42,49);5*1H/t22-,23+,24-,25-,26-,27-;;;;;/m0...../s1. The lowest BCUT2D eigenvalue weighted by Crippen LogP contribution is -2.59. The van der Waals surface area contributed by atoms with E-state index in [9.17, 15) is 34.5 Å². The van der Waals surface area contributed by atoms with E-state index in [0.29, 0.717) is 42.5 Å². The van der Waals surface area contributed by atoms with E-state index in [-0.39, 0.29) is 130 Å². The van der Waals surface area contributed by atoms with E-state index in [1.165, 1.54) is 12.1 Å². The molecule has 0 spiro atoms. The summed E-state index contributed by atoms with van der Waals surface area (Å²) in [7, 11) is 0. The lowest BCUT2D eigenvalue weighted by atomic mass is 9.95. The maximum absolute atomic E-state index is 13.9. The SMILES string of the molecule is Cl.Cl.Cl.Cl.Cl.NCCC[C@H](N)CNC(=O)[C@H](CCCN)NC(=O)[C@@H]1Cc2cc(ccc2O)-c2ccc(O)c(c2)C[C@H](N)C(=O)N[C@@H](C[C@@H](O)CN)C(=O)N1. The van der Waals surface area contributed by atoms with Crippen LogP contribution in [0.3, 0.4) is 0 Å². The first-order valence-corrected chi connectivity index (χ1v) is 16.5. The molecule has 2 aromatic rings. The Morgan fingerprint density at radius 1 is 0.815 bits per heavy atom. The van der Waals surface area contributed by atoms with E-state index in [0.717, 1.165) is 0 Å². The molecule has 1 aliphatic heterocycles. The minimum absolute atomic E-state index is 0. The van der Waals surface area contributed by atoms with Gasteiger partial charge < -0.3 is 65.3 Å². The average molecular weight is 868 g/mol. The van der Waals surface area contributed by atoms with Crippen LogP contribution in [0.2, 0.25) is 0 Å². The smallest absolute Gasteiger partial charge is 0.243 e. The molecule has 0 radical (unpaired) electrons. The van der Waals surface area contributed by atoms with Gasteiger partial charge in [-0.3, -0.25) is 19.2 Å². The number of halogens is 5. The summed E-state index contributed by atoms with van der Waals surface area (Å²) in [5, 5.41) is 42.3. The van der Waals surface area contributed by atoms with Crippen molar-refractivity contribution >= 4 is 85.7 Å². The van der Waals surface area contributed by atoms with E-state index in [1.807, 2.05) is 0 Å². The molecule has 0 saturated carbocycles. The lowest BCUT2D eigenvalue weighted by Gasteiger charge is -2.27. The van der Waals surface area contributed by atoms with Gasteiger partial charge in [0, 0.05) is 38.4 Å². The van der Waals surface area contributed by atoms with Crippen molar-refractivity contribution in [1.29, 1.82) is 0 Å². The Morgan fingerprint density at radius 3 is 1.89 bits per heavy atom. The zero-order valence-corrected chi connectivity index (χ0v) is 33.7. The normalized spacial score (nSPS) is 18.2. The van der Waals surface area contributed by atoms with Crippen LogP contribution in [0.1, 0.15) is 43.2 Å². The number of carbonyl (C=O) groups excluding carboxylic acids is 4. The molecule has 0 fully saturated rings. The monoisotopic (exact) mass is 865 g/mol. The second-order valence-corrected chi connectivity index (χ2v) is 12.4. The predicted molar refractivity (Wildman–Crippen MR) is 220 cm³/mol. The number of hydrogen-bond donors (Lipinski definition) is 12. The zero-order chi connectivity index (χ0) is 36.1. The summed E-state index contributed by atoms with van der Waals surface area (Å²) in [5.41, 5.74) is 31.0. The fourth-order valence-electron chi connectivity index (χ4n) is 5.47. The number of fused-ring (bicyclic) bond motifs is 5. The first-order chi connectivity index (χ1) is 23.4. The lowest BCUT2D eigenvalue weighted by molar-refractivity contribution is -0.134. The van der Waals surface area contributed by atoms with Crippen LogP contribution in [-0.4, -0.2) is 101 Å². The third-order valence-corrected chi connectivity index (χ3v) is 8.39. The highest BCUT2D eigenvalue weighted by Crippen LogP contribution is 2.31. The Labute approximate surface area is 346 Å². The molecule has 0 aromatic heterocycles. The van der Waals surface area contributed by atoms with Crippen LogP contribution >= 0.6 is 62.0 Å². The Balaban J connectivity index is -0.00000520. The number of aromatic hydroxyl groups is 2. The maximum Gasteiger partial charge on any atom is 0.243 e. The number of hydrogen-bond acceptors (Lipinski definition) is 12. The quantitative estimate of drug-likeness (QED) is 0.113. The average Bonchev–Trinajstić information content (AvgIpc) is 3.08. The van der Waals surface area contributed by atoms with Gasteiger partial charge in [0.1, 0.15) is 29.6 Å². The molecule has 3 rings (SSSR count). The van der Waals surface area contributed by atoms with Crippen molar-refractivity contribution < 1.29 is 34.5 Å². The van der Waals surface area contributed by atoms with Gasteiger partial charge >= 0.3 is 0 Å². The first-order valence-electron chi connectivity index (χ1n) is 16.5. The minimum Gasteiger partial charge on any atom is -0.508 e. The minimum atomic E-state index is -1.37.